The summed E-state index contributed by atoms with van der Waals surface area (Å²) in [5.74, 6) is 0.411. The van der Waals surface area contributed by atoms with E-state index in [0.29, 0.717) is 16.6 Å². The van der Waals surface area contributed by atoms with Crippen LogP contribution < -0.4 is 11.1 Å². The predicted molar refractivity (Wildman–Crippen MR) is 65.2 cm³/mol. The Bertz CT molecular complexity index is 317. The van der Waals surface area contributed by atoms with Crippen molar-refractivity contribution in [2.75, 3.05) is 24.2 Å². The van der Waals surface area contributed by atoms with Gasteiger partial charge in [-0.25, -0.2) is 0 Å². The Morgan fingerprint density at radius 1 is 1.53 bits per heavy atom. The van der Waals surface area contributed by atoms with Gasteiger partial charge < -0.3 is 16.2 Å². The van der Waals surface area contributed by atoms with Crippen molar-refractivity contribution >= 4 is 23.0 Å². The number of nitrogens with one attached hydrogen (secondary N) is 1. The van der Waals surface area contributed by atoms with Crippen LogP contribution in [-0.2, 0) is 0 Å². The van der Waals surface area contributed by atoms with Gasteiger partial charge in [0.2, 0.25) is 0 Å². The second kappa shape index (κ2) is 5.83. The van der Waals surface area contributed by atoms with Crippen LogP contribution in [0.5, 0.6) is 0 Å². The highest BCUT2D eigenvalue weighted by molar-refractivity contribution is 6.31. The Kier molecular flexibility index (Phi) is 4.72. The van der Waals surface area contributed by atoms with Crippen molar-refractivity contribution in [3.8, 4) is 0 Å². The average molecular weight is 229 g/mol. The first-order chi connectivity index (χ1) is 7.13. The molecule has 0 saturated heterocycles. The normalized spacial score (nSPS) is 12.5. The monoisotopic (exact) mass is 228 g/mol. The molecule has 1 aromatic rings. The summed E-state index contributed by atoms with van der Waals surface area (Å²) in [6, 6.07) is 5.35. The smallest absolute Gasteiger partial charge is 0.0588 e. The first-order valence-electron chi connectivity index (χ1n) is 5.03. The maximum atomic E-state index is 8.76. The quantitative estimate of drug-likeness (QED) is 0.678. The molecule has 0 aromatic heterocycles. The van der Waals surface area contributed by atoms with Crippen LogP contribution in [0.4, 0.5) is 11.4 Å². The Balaban J connectivity index is 2.53. The minimum Gasteiger partial charge on any atom is -0.397 e. The molecule has 0 fully saturated rings. The van der Waals surface area contributed by atoms with Crippen molar-refractivity contribution in [1.29, 1.82) is 0 Å². The molecule has 4 N–H and O–H groups in total. The van der Waals surface area contributed by atoms with Crippen LogP contribution in [0.15, 0.2) is 18.2 Å². The fraction of sp³-hybridized carbons (Fsp3) is 0.455. The second-order valence-corrected chi connectivity index (χ2v) is 4.17. The molecule has 1 rings (SSSR count). The molecule has 0 spiro atoms. The summed E-state index contributed by atoms with van der Waals surface area (Å²) < 4.78 is 0. The molecule has 84 valence electrons. The third-order valence-electron chi connectivity index (χ3n) is 2.28. The highest BCUT2D eigenvalue weighted by Crippen LogP contribution is 2.23. The number of halogens is 1. The van der Waals surface area contributed by atoms with Crippen molar-refractivity contribution < 1.29 is 5.11 Å². The topological polar surface area (TPSA) is 58.3 Å². The molecule has 0 saturated carbocycles. The van der Waals surface area contributed by atoms with Gasteiger partial charge >= 0.3 is 0 Å². The van der Waals surface area contributed by atoms with E-state index < -0.39 is 0 Å². The molecule has 1 unspecified atom stereocenters. The number of nitrogen functional groups attached to an aromatic ring is 1. The van der Waals surface area contributed by atoms with Crippen molar-refractivity contribution in [3.05, 3.63) is 23.2 Å². The summed E-state index contributed by atoms with van der Waals surface area (Å²) in [6.45, 7) is 3.07. The molecule has 0 aliphatic carbocycles. The fourth-order valence-corrected chi connectivity index (χ4v) is 1.46. The fourth-order valence-electron chi connectivity index (χ4n) is 1.29. The van der Waals surface area contributed by atoms with E-state index in [4.69, 9.17) is 22.4 Å². The Hall–Kier alpha value is -0.930. The molecule has 0 aliphatic rings. The third-order valence-corrected chi connectivity index (χ3v) is 2.51. The lowest BCUT2D eigenvalue weighted by molar-refractivity contribution is 0.266. The highest BCUT2D eigenvalue weighted by Gasteiger charge is 2.03. The second-order valence-electron chi connectivity index (χ2n) is 3.73. The summed E-state index contributed by atoms with van der Waals surface area (Å²) in [7, 11) is 0. The number of hydrogen-bond donors (Lipinski definition) is 3. The molecular formula is C11H17ClN2O. The average Bonchev–Trinajstić information content (AvgIpc) is 2.20. The van der Waals surface area contributed by atoms with E-state index in [-0.39, 0.29) is 6.61 Å². The van der Waals surface area contributed by atoms with Crippen LogP contribution in [0.25, 0.3) is 0 Å². The van der Waals surface area contributed by atoms with E-state index in [2.05, 4.69) is 12.2 Å². The van der Waals surface area contributed by atoms with E-state index >= 15 is 0 Å². The van der Waals surface area contributed by atoms with E-state index in [1.54, 1.807) is 12.1 Å². The van der Waals surface area contributed by atoms with Gasteiger partial charge in [0.1, 0.15) is 0 Å². The highest BCUT2D eigenvalue weighted by atomic mass is 35.5. The number of hydrogen-bond acceptors (Lipinski definition) is 3. The van der Waals surface area contributed by atoms with Gasteiger partial charge in [-0.05, 0) is 30.5 Å². The van der Waals surface area contributed by atoms with Crippen molar-refractivity contribution in [3.63, 3.8) is 0 Å². The molecule has 0 radical (unpaired) electrons. The molecule has 0 amide bonds. The zero-order chi connectivity index (χ0) is 11.3. The van der Waals surface area contributed by atoms with Crippen molar-refractivity contribution in [2.45, 2.75) is 13.3 Å². The largest absolute Gasteiger partial charge is 0.397 e. The van der Waals surface area contributed by atoms with Crippen molar-refractivity contribution in [1.82, 2.24) is 0 Å². The molecular weight excluding hydrogens is 212 g/mol. The summed E-state index contributed by atoms with van der Waals surface area (Å²) in [5.41, 5.74) is 7.32. The molecule has 1 atom stereocenters. The Morgan fingerprint density at radius 3 is 2.93 bits per heavy atom. The molecule has 3 nitrogen and oxygen atoms in total. The molecule has 1 aromatic carbocycles. The van der Waals surface area contributed by atoms with Crippen LogP contribution in [0.2, 0.25) is 5.02 Å². The Morgan fingerprint density at radius 2 is 2.27 bits per heavy atom. The van der Waals surface area contributed by atoms with Gasteiger partial charge in [-0.3, -0.25) is 0 Å². The van der Waals surface area contributed by atoms with E-state index in [1.807, 2.05) is 6.07 Å². The third kappa shape index (κ3) is 3.98. The number of benzene rings is 1. The van der Waals surface area contributed by atoms with E-state index in [1.165, 1.54) is 0 Å². The SMILES string of the molecule is CC(CCO)CNc1cc(Cl)ccc1N. The first kappa shape index (κ1) is 12.1. The minimum absolute atomic E-state index is 0.216. The molecule has 0 bridgehead atoms. The van der Waals surface area contributed by atoms with Gasteiger partial charge in [-0.2, -0.15) is 0 Å². The van der Waals surface area contributed by atoms with Crippen LogP contribution in [0.1, 0.15) is 13.3 Å². The van der Waals surface area contributed by atoms with E-state index in [9.17, 15) is 0 Å². The van der Waals surface area contributed by atoms with Crippen LogP contribution in [-0.4, -0.2) is 18.3 Å². The van der Waals surface area contributed by atoms with Gasteiger partial charge in [0.25, 0.3) is 0 Å². The van der Waals surface area contributed by atoms with Crippen LogP contribution >= 0.6 is 11.6 Å². The number of anilines is 2. The predicted octanol–water partition coefficient (Wildman–Crippen LogP) is 2.35. The summed E-state index contributed by atoms with van der Waals surface area (Å²) in [4.78, 5) is 0. The first-order valence-corrected chi connectivity index (χ1v) is 5.41. The summed E-state index contributed by atoms with van der Waals surface area (Å²) >= 11 is 5.86. The van der Waals surface area contributed by atoms with Crippen molar-refractivity contribution in [2.24, 2.45) is 5.92 Å². The van der Waals surface area contributed by atoms with Gasteiger partial charge in [-0.15, -0.1) is 0 Å². The van der Waals surface area contributed by atoms with Gasteiger partial charge in [0.15, 0.2) is 0 Å². The molecule has 0 aliphatic heterocycles. The zero-order valence-corrected chi connectivity index (χ0v) is 9.59. The minimum atomic E-state index is 0.216. The maximum Gasteiger partial charge on any atom is 0.0588 e. The lowest BCUT2D eigenvalue weighted by atomic mass is 10.1. The summed E-state index contributed by atoms with van der Waals surface area (Å²) in [6.07, 6.45) is 0.785. The molecule has 4 heteroatoms. The number of aliphatic hydroxyl groups is 1. The maximum absolute atomic E-state index is 8.76. The zero-order valence-electron chi connectivity index (χ0n) is 8.83. The molecule has 0 heterocycles. The van der Waals surface area contributed by atoms with Crippen LogP contribution in [0, 0.1) is 5.92 Å². The standard InChI is InChI=1S/C11H17ClN2O/c1-8(4-5-15)7-14-11-6-9(12)2-3-10(11)13/h2-3,6,8,14-15H,4-5,7,13H2,1H3. The molecule has 15 heavy (non-hydrogen) atoms. The number of aliphatic hydroxyl groups excluding tert-OH is 1. The van der Waals surface area contributed by atoms with Crippen LogP contribution in [0.3, 0.4) is 0 Å². The Labute approximate surface area is 95.2 Å². The summed E-state index contributed by atoms with van der Waals surface area (Å²) in [5, 5.41) is 12.6. The number of nitrogens with two attached hydrogens (primary N) is 1. The lowest BCUT2D eigenvalue weighted by Crippen LogP contribution is -2.13. The lowest BCUT2D eigenvalue weighted by Gasteiger charge is -2.14. The van der Waals surface area contributed by atoms with Gasteiger partial charge in [-0.1, -0.05) is 18.5 Å². The van der Waals surface area contributed by atoms with E-state index in [0.717, 1.165) is 18.7 Å². The van der Waals surface area contributed by atoms with Gasteiger partial charge in [0, 0.05) is 18.2 Å². The number of rotatable bonds is 5. The van der Waals surface area contributed by atoms with Gasteiger partial charge in [0.05, 0.1) is 11.4 Å².